The van der Waals surface area contributed by atoms with Crippen LogP contribution < -0.4 is 4.90 Å². The van der Waals surface area contributed by atoms with Gasteiger partial charge in [-0.2, -0.15) is 0 Å². The molecule has 1 heterocycles. The molecule has 0 radical (unpaired) electrons. The quantitative estimate of drug-likeness (QED) is 0.542. The maximum absolute atomic E-state index is 5.56. The van der Waals surface area contributed by atoms with Crippen LogP contribution in [0.3, 0.4) is 0 Å². The third kappa shape index (κ3) is 3.18. The van der Waals surface area contributed by atoms with Gasteiger partial charge in [-0.05, 0) is 6.42 Å². The molecular weight excluding hydrogens is 202 g/mol. The molecule has 0 aliphatic heterocycles. The normalized spacial score (nSPS) is 10.5. The summed E-state index contributed by atoms with van der Waals surface area (Å²) in [5, 5.41) is 7.68. The molecule has 0 amide bonds. The van der Waals surface area contributed by atoms with Crippen LogP contribution in [-0.2, 0) is 5.88 Å². The molecule has 0 atom stereocenters. The summed E-state index contributed by atoms with van der Waals surface area (Å²) in [4.78, 5) is 1.96. The maximum Gasteiger partial charge on any atom is 0.317 e. The molecule has 5 heteroatoms. The Balaban J connectivity index is 2.39. The molecule has 0 saturated carbocycles. The van der Waals surface area contributed by atoms with Gasteiger partial charge in [-0.1, -0.05) is 24.9 Å². The van der Waals surface area contributed by atoms with Gasteiger partial charge in [0.1, 0.15) is 5.88 Å². The smallest absolute Gasteiger partial charge is 0.317 e. The molecule has 0 bridgehead atoms. The first kappa shape index (κ1) is 11.3. The first-order chi connectivity index (χ1) is 6.77. The molecule has 0 saturated heterocycles. The van der Waals surface area contributed by atoms with Crippen molar-refractivity contribution in [2.45, 2.75) is 32.1 Å². The minimum atomic E-state index is 0.274. The standard InChI is InChI=1S/C9H16ClN3O/c1-3-4-5-6-13(2)9-12-11-8(7-10)14-9/h3-7H2,1-2H3. The SMILES string of the molecule is CCCCCN(C)c1nnc(CCl)o1. The van der Waals surface area contributed by atoms with E-state index >= 15 is 0 Å². The molecule has 14 heavy (non-hydrogen) atoms. The Morgan fingerprint density at radius 3 is 2.71 bits per heavy atom. The lowest BCUT2D eigenvalue weighted by molar-refractivity contribution is 0.504. The first-order valence-electron chi connectivity index (χ1n) is 4.87. The Hall–Kier alpha value is -0.770. The van der Waals surface area contributed by atoms with Crippen molar-refractivity contribution in [1.29, 1.82) is 0 Å². The zero-order chi connectivity index (χ0) is 10.4. The van der Waals surface area contributed by atoms with Gasteiger partial charge in [0.15, 0.2) is 0 Å². The largest absolute Gasteiger partial charge is 0.407 e. The second kappa shape index (κ2) is 5.86. The second-order valence-electron chi connectivity index (χ2n) is 3.24. The Labute approximate surface area is 89.3 Å². The van der Waals surface area contributed by atoms with E-state index in [9.17, 15) is 0 Å². The van der Waals surface area contributed by atoms with E-state index in [4.69, 9.17) is 16.0 Å². The number of halogens is 1. The van der Waals surface area contributed by atoms with Crippen molar-refractivity contribution in [3.8, 4) is 0 Å². The Kier molecular flexibility index (Phi) is 4.73. The van der Waals surface area contributed by atoms with E-state index in [1.807, 2.05) is 11.9 Å². The Morgan fingerprint density at radius 2 is 2.14 bits per heavy atom. The monoisotopic (exact) mass is 217 g/mol. The van der Waals surface area contributed by atoms with Gasteiger partial charge < -0.3 is 9.32 Å². The highest BCUT2D eigenvalue weighted by molar-refractivity contribution is 6.16. The highest BCUT2D eigenvalue weighted by atomic mass is 35.5. The summed E-state index contributed by atoms with van der Waals surface area (Å²) in [5.74, 6) is 0.750. The van der Waals surface area contributed by atoms with Crippen molar-refractivity contribution in [2.75, 3.05) is 18.5 Å². The van der Waals surface area contributed by atoms with Crippen molar-refractivity contribution in [3.63, 3.8) is 0 Å². The van der Waals surface area contributed by atoms with E-state index in [0.717, 1.165) is 13.0 Å². The lowest BCUT2D eigenvalue weighted by atomic mass is 10.2. The number of alkyl halides is 1. The van der Waals surface area contributed by atoms with E-state index in [-0.39, 0.29) is 5.88 Å². The zero-order valence-electron chi connectivity index (χ0n) is 8.66. The van der Waals surface area contributed by atoms with E-state index in [0.29, 0.717) is 11.9 Å². The molecule has 0 fully saturated rings. The van der Waals surface area contributed by atoms with Gasteiger partial charge in [0.05, 0.1) is 0 Å². The summed E-state index contributed by atoms with van der Waals surface area (Å²) < 4.78 is 5.30. The fourth-order valence-electron chi connectivity index (χ4n) is 1.15. The molecule has 1 aromatic rings. The fraction of sp³-hybridized carbons (Fsp3) is 0.778. The third-order valence-corrected chi connectivity index (χ3v) is 2.22. The van der Waals surface area contributed by atoms with E-state index < -0.39 is 0 Å². The second-order valence-corrected chi connectivity index (χ2v) is 3.51. The fourth-order valence-corrected chi connectivity index (χ4v) is 1.26. The molecule has 0 aromatic carbocycles. The molecule has 4 nitrogen and oxygen atoms in total. The average Bonchev–Trinajstić information content (AvgIpc) is 2.66. The van der Waals surface area contributed by atoms with Crippen LogP contribution in [0.1, 0.15) is 32.1 Å². The van der Waals surface area contributed by atoms with Crippen LogP contribution in [0.2, 0.25) is 0 Å². The topological polar surface area (TPSA) is 42.2 Å². The Bertz CT molecular complexity index is 264. The van der Waals surface area contributed by atoms with Crippen LogP contribution >= 0.6 is 11.6 Å². The number of anilines is 1. The number of hydrogen-bond acceptors (Lipinski definition) is 4. The lowest BCUT2D eigenvalue weighted by Gasteiger charge is -2.12. The molecule has 1 rings (SSSR count). The molecule has 0 unspecified atom stereocenters. The highest BCUT2D eigenvalue weighted by Crippen LogP contribution is 2.12. The van der Waals surface area contributed by atoms with Crippen LogP contribution in [0.5, 0.6) is 0 Å². The molecule has 0 aliphatic carbocycles. The Morgan fingerprint density at radius 1 is 1.36 bits per heavy atom. The van der Waals surface area contributed by atoms with Crippen LogP contribution in [-0.4, -0.2) is 23.8 Å². The minimum absolute atomic E-state index is 0.274. The summed E-state index contributed by atoms with van der Waals surface area (Å²) >= 11 is 5.56. The van der Waals surface area contributed by atoms with Gasteiger partial charge >= 0.3 is 6.01 Å². The summed E-state index contributed by atoms with van der Waals surface area (Å²) in [5.41, 5.74) is 0. The number of rotatable bonds is 6. The van der Waals surface area contributed by atoms with Crippen LogP contribution in [0.4, 0.5) is 6.01 Å². The van der Waals surface area contributed by atoms with Crippen molar-refractivity contribution in [2.24, 2.45) is 0 Å². The van der Waals surface area contributed by atoms with Gasteiger partial charge in [-0.25, -0.2) is 0 Å². The summed E-state index contributed by atoms with van der Waals surface area (Å²) in [6, 6.07) is 0.553. The number of hydrogen-bond donors (Lipinski definition) is 0. The minimum Gasteiger partial charge on any atom is -0.407 e. The summed E-state index contributed by atoms with van der Waals surface area (Å²) in [7, 11) is 1.95. The molecule has 0 N–H and O–H groups in total. The van der Waals surface area contributed by atoms with Gasteiger partial charge in [0.25, 0.3) is 0 Å². The summed E-state index contributed by atoms with van der Waals surface area (Å²) in [6.07, 6.45) is 3.58. The van der Waals surface area contributed by atoms with Crippen molar-refractivity contribution in [1.82, 2.24) is 10.2 Å². The molecule has 0 aliphatic rings. The first-order valence-corrected chi connectivity index (χ1v) is 5.40. The maximum atomic E-state index is 5.56. The van der Waals surface area contributed by atoms with E-state index in [2.05, 4.69) is 17.1 Å². The average molecular weight is 218 g/mol. The van der Waals surface area contributed by atoms with Gasteiger partial charge in [0.2, 0.25) is 5.89 Å². The zero-order valence-corrected chi connectivity index (χ0v) is 9.42. The van der Waals surface area contributed by atoms with E-state index in [1.165, 1.54) is 12.8 Å². The molecular formula is C9H16ClN3O. The van der Waals surface area contributed by atoms with Crippen LogP contribution in [0.25, 0.3) is 0 Å². The summed E-state index contributed by atoms with van der Waals surface area (Å²) in [6.45, 7) is 3.12. The third-order valence-electron chi connectivity index (χ3n) is 1.99. The van der Waals surface area contributed by atoms with Crippen molar-refractivity contribution in [3.05, 3.63) is 5.89 Å². The van der Waals surface area contributed by atoms with Gasteiger partial charge in [-0.3, -0.25) is 0 Å². The van der Waals surface area contributed by atoms with E-state index in [1.54, 1.807) is 0 Å². The molecule has 80 valence electrons. The predicted molar refractivity (Wildman–Crippen MR) is 56.7 cm³/mol. The van der Waals surface area contributed by atoms with Gasteiger partial charge in [0, 0.05) is 13.6 Å². The molecule has 0 spiro atoms. The number of aromatic nitrogens is 2. The van der Waals surface area contributed by atoms with Crippen molar-refractivity contribution >= 4 is 17.6 Å². The van der Waals surface area contributed by atoms with Crippen molar-refractivity contribution < 1.29 is 4.42 Å². The predicted octanol–water partition coefficient (Wildman–Crippen LogP) is 2.43. The van der Waals surface area contributed by atoms with Crippen LogP contribution in [0, 0.1) is 0 Å². The lowest BCUT2D eigenvalue weighted by Crippen LogP contribution is -2.18. The van der Waals surface area contributed by atoms with Crippen LogP contribution in [0.15, 0.2) is 4.42 Å². The number of unbranched alkanes of at least 4 members (excludes halogenated alkanes) is 2. The number of nitrogens with zero attached hydrogens (tertiary/aromatic N) is 3. The van der Waals surface area contributed by atoms with Gasteiger partial charge in [-0.15, -0.1) is 16.7 Å². The highest BCUT2D eigenvalue weighted by Gasteiger charge is 2.08. The molecule has 1 aromatic heterocycles.